The van der Waals surface area contributed by atoms with E-state index >= 15 is 0 Å². The van der Waals surface area contributed by atoms with Crippen molar-refractivity contribution in [3.05, 3.63) is 90.1 Å². The van der Waals surface area contributed by atoms with Gasteiger partial charge in [0.05, 0.1) is 11.2 Å². The molecule has 144 valence electrons. The second kappa shape index (κ2) is 8.39. The van der Waals surface area contributed by atoms with Crippen molar-refractivity contribution in [2.45, 2.75) is 13.5 Å². The number of aryl methyl sites for hydroxylation is 1. The number of guanidine groups is 1. The molecule has 0 bridgehead atoms. The zero-order valence-electron chi connectivity index (χ0n) is 16.0. The number of ether oxygens (including phenoxy) is 1. The standard InChI is InChI=1S/C23H21N5O/c1-16-20-12-5-6-13-21(20)27-23(25-16)28-22(24)26-18-10-7-11-19(14-18)29-15-17-8-3-2-4-9-17/h2-14H,15H2,1H3,(H3,24,25,26,27,28). The molecule has 3 N–H and O–H groups in total. The molecule has 6 nitrogen and oxygen atoms in total. The highest BCUT2D eigenvalue weighted by atomic mass is 16.5. The van der Waals surface area contributed by atoms with E-state index in [9.17, 15) is 0 Å². The number of fused-ring (bicyclic) bond motifs is 1. The van der Waals surface area contributed by atoms with Gasteiger partial charge >= 0.3 is 0 Å². The Morgan fingerprint density at radius 2 is 1.76 bits per heavy atom. The van der Waals surface area contributed by atoms with Crippen molar-refractivity contribution in [2.24, 2.45) is 10.7 Å². The van der Waals surface area contributed by atoms with Crippen LogP contribution in [0.25, 0.3) is 10.9 Å². The maximum atomic E-state index is 6.07. The fourth-order valence-corrected chi connectivity index (χ4v) is 2.96. The van der Waals surface area contributed by atoms with Gasteiger partial charge in [0.25, 0.3) is 5.95 Å². The summed E-state index contributed by atoms with van der Waals surface area (Å²) < 4.78 is 5.85. The molecule has 0 saturated heterocycles. The minimum Gasteiger partial charge on any atom is -0.489 e. The highest BCUT2D eigenvalue weighted by molar-refractivity contribution is 5.94. The summed E-state index contributed by atoms with van der Waals surface area (Å²) in [5.41, 5.74) is 9.64. The van der Waals surface area contributed by atoms with Crippen LogP contribution in [0.5, 0.6) is 5.75 Å². The quantitative estimate of drug-likeness (QED) is 0.389. The van der Waals surface area contributed by atoms with Crippen LogP contribution >= 0.6 is 0 Å². The summed E-state index contributed by atoms with van der Waals surface area (Å²) in [5, 5.41) is 4.07. The summed E-state index contributed by atoms with van der Waals surface area (Å²) in [5.74, 6) is 1.27. The third-order valence-corrected chi connectivity index (χ3v) is 4.36. The molecular formula is C23H21N5O. The van der Waals surface area contributed by atoms with Crippen LogP contribution in [0.4, 0.5) is 11.6 Å². The van der Waals surface area contributed by atoms with Gasteiger partial charge in [0, 0.05) is 17.1 Å². The average molecular weight is 383 g/mol. The van der Waals surface area contributed by atoms with Gasteiger partial charge in [-0.1, -0.05) is 54.6 Å². The number of aromatic nitrogens is 2. The van der Waals surface area contributed by atoms with Gasteiger partial charge in [-0.3, -0.25) is 0 Å². The molecule has 29 heavy (non-hydrogen) atoms. The van der Waals surface area contributed by atoms with E-state index in [0.29, 0.717) is 12.6 Å². The number of nitrogens with two attached hydrogens (primary N) is 1. The number of nitrogens with one attached hydrogen (secondary N) is 1. The van der Waals surface area contributed by atoms with Gasteiger partial charge < -0.3 is 15.8 Å². The third kappa shape index (κ3) is 4.68. The maximum absolute atomic E-state index is 6.07. The van der Waals surface area contributed by atoms with Gasteiger partial charge in [-0.15, -0.1) is 0 Å². The van der Waals surface area contributed by atoms with Gasteiger partial charge in [-0.2, -0.15) is 4.99 Å². The van der Waals surface area contributed by atoms with Gasteiger partial charge in [0.15, 0.2) is 0 Å². The molecule has 4 aromatic rings. The summed E-state index contributed by atoms with van der Waals surface area (Å²) in [6.07, 6.45) is 0. The lowest BCUT2D eigenvalue weighted by molar-refractivity contribution is 0.306. The van der Waals surface area contributed by atoms with E-state index in [4.69, 9.17) is 10.5 Å². The number of nitrogens with zero attached hydrogens (tertiary/aromatic N) is 3. The summed E-state index contributed by atoms with van der Waals surface area (Å²) in [4.78, 5) is 13.2. The van der Waals surface area contributed by atoms with Crippen LogP contribution in [0, 0.1) is 6.92 Å². The monoisotopic (exact) mass is 383 g/mol. The molecule has 0 radical (unpaired) electrons. The van der Waals surface area contributed by atoms with Crippen molar-refractivity contribution in [3.63, 3.8) is 0 Å². The lowest BCUT2D eigenvalue weighted by Crippen LogP contribution is -2.22. The molecule has 3 aromatic carbocycles. The zero-order chi connectivity index (χ0) is 20.1. The molecular weight excluding hydrogens is 362 g/mol. The summed E-state index contributed by atoms with van der Waals surface area (Å²) in [6, 6.07) is 25.4. The SMILES string of the molecule is Cc1nc(N=C(N)Nc2cccc(OCc3ccccc3)c2)nc2ccccc12. The molecule has 0 aliphatic rings. The molecule has 0 saturated carbocycles. The van der Waals surface area contributed by atoms with Crippen LogP contribution in [0.2, 0.25) is 0 Å². The molecule has 0 aliphatic carbocycles. The Bertz CT molecular complexity index is 1160. The van der Waals surface area contributed by atoms with Crippen LogP contribution in [0.3, 0.4) is 0 Å². The Labute approximate surface area is 169 Å². The first kappa shape index (κ1) is 18.4. The Morgan fingerprint density at radius 1 is 0.966 bits per heavy atom. The normalized spacial score (nSPS) is 11.4. The van der Waals surface area contributed by atoms with E-state index < -0.39 is 0 Å². The van der Waals surface area contributed by atoms with Crippen molar-refractivity contribution in [2.75, 3.05) is 5.32 Å². The predicted octanol–water partition coefficient (Wildman–Crippen LogP) is 4.58. The summed E-state index contributed by atoms with van der Waals surface area (Å²) >= 11 is 0. The number of para-hydroxylation sites is 1. The molecule has 1 aromatic heterocycles. The van der Waals surface area contributed by atoms with Gasteiger partial charge in [0.1, 0.15) is 12.4 Å². The van der Waals surface area contributed by atoms with Crippen molar-refractivity contribution in [1.29, 1.82) is 0 Å². The maximum Gasteiger partial charge on any atom is 0.253 e. The number of rotatable bonds is 5. The first-order valence-corrected chi connectivity index (χ1v) is 9.29. The zero-order valence-corrected chi connectivity index (χ0v) is 16.0. The average Bonchev–Trinajstić information content (AvgIpc) is 2.73. The molecule has 0 fully saturated rings. The smallest absolute Gasteiger partial charge is 0.253 e. The lowest BCUT2D eigenvalue weighted by Gasteiger charge is -2.10. The Morgan fingerprint density at radius 3 is 2.62 bits per heavy atom. The van der Waals surface area contributed by atoms with Crippen LogP contribution in [-0.4, -0.2) is 15.9 Å². The van der Waals surface area contributed by atoms with E-state index in [-0.39, 0.29) is 5.96 Å². The highest BCUT2D eigenvalue weighted by Gasteiger charge is 2.05. The van der Waals surface area contributed by atoms with Crippen molar-refractivity contribution < 1.29 is 4.74 Å². The lowest BCUT2D eigenvalue weighted by atomic mass is 10.2. The Kier molecular flexibility index (Phi) is 5.33. The predicted molar refractivity (Wildman–Crippen MR) is 116 cm³/mol. The second-order valence-corrected chi connectivity index (χ2v) is 6.55. The Hall–Kier alpha value is -3.93. The van der Waals surface area contributed by atoms with Gasteiger partial charge in [-0.05, 0) is 30.7 Å². The summed E-state index contributed by atoms with van der Waals surface area (Å²) in [7, 11) is 0. The van der Waals surface area contributed by atoms with E-state index in [2.05, 4.69) is 20.3 Å². The molecule has 0 amide bonds. The molecule has 6 heteroatoms. The number of hydrogen-bond donors (Lipinski definition) is 2. The second-order valence-electron chi connectivity index (χ2n) is 6.55. The van der Waals surface area contributed by atoms with Gasteiger partial charge in [-0.25, -0.2) is 9.97 Å². The van der Waals surface area contributed by atoms with Crippen LogP contribution in [0.1, 0.15) is 11.3 Å². The molecule has 0 atom stereocenters. The van der Waals surface area contributed by atoms with E-state index in [1.165, 1.54) is 0 Å². The molecule has 0 spiro atoms. The highest BCUT2D eigenvalue weighted by Crippen LogP contribution is 2.20. The van der Waals surface area contributed by atoms with Crippen molar-refractivity contribution in [3.8, 4) is 5.75 Å². The van der Waals surface area contributed by atoms with E-state index in [1.807, 2.05) is 85.8 Å². The molecule has 0 unspecified atom stereocenters. The summed E-state index contributed by atoms with van der Waals surface area (Å²) in [6.45, 7) is 2.43. The minimum atomic E-state index is 0.208. The molecule has 1 heterocycles. The first-order valence-electron chi connectivity index (χ1n) is 9.29. The molecule has 0 aliphatic heterocycles. The number of hydrogen-bond acceptors (Lipinski definition) is 4. The Balaban J connectivity index is 1.47. The third-order valence-electron chi connectivity index (χ3n) is 4.36. The van der Waals surface area contributed by atoms with Crippen LogP contribution in [0.15, 0.2) is 83.9 Å². The van der Waals surface area contributed by atoms with Crippen LogP contribution in [-0.2, 0) is 6.61 Å². The minimum absolute atomic E-state index is 0.208. The topological polar surface area (TPSA) is 85.4 Å². The van der Waals surface area contributed by atoms with Gasteiger partial charge in [0.2, 0.25) is 5.96 Å². The fraction of sp³-hybridized carbons (Fsp3) is 0.0870. The number of benzene rings is 3. The van der Waals surface area contributed by atoms with Crippen molar-refractivity contribution >= 4 is 28.5 Å². The molecule has 4 rings (SSSR count). The van der Waals surface area contributed by atoms with Crippen molar-refractivity contribution in [1.82, 2.24) is 9.97 Å². The van der Waals surface area contributed by atoms with E-state index in [0.717, 1.165) is 33.6 Å². The number of aliphatic imine (C=N–C) groups is 1. The van der Waals surface area contributed by atoms with Crippen LogP contribution < -0.4 is 15.8 Å². The number of anilines is 1. The largest absolute Gasteiger partial charge is 0.489 e. The fourth-order valence-electron chi connectivity index (χ4n) is 2.96. The first-order chi connectivity index (χ1) is 14.2. The van der Waals surface area contributed by atoms with E-state index in [1.54, 1.807) is 0 Å².